The summed E-state index contributed by atoms with van der Waals surface area (Å²) in [6.45, 7) is 4.96. The van der Waals surface area contributed by atoms with Crippen LogP contribution >= 0.6 is 0 Å². The quantitative estimate of drug-likeness (QED) is 0.927. The number of urea groups is 1. The lowest BCUT2D eigenvalue weighted by Gasteiger charge is -2.30. The van der Waals surface area contributed by atoms with Crippen LogP contribution < -0.4 is 5.32 Å². The Kier molecular flexibility index (Phi) is 4.50. The van der Waals surface area contributed by atoms with Gasteiger partial charge in [-0.3, -0.25) is 9.78 Å². The van der Waals surface area contributed by atoms with E-state index < -0.39 is 0 Å². The second kappa shape index (κ2) is 6.56. The molecule has 1 atom stereocenters. The van der Waals surface area contributed by atoms with Gasteiger partial charge in [0.2, 0.25) is 5.91 Å². The van der Waals surface area contributed by atoms with Crippen LogP contribution in [0.5, 0.6) is 0 Å². The van der Waals surface area contributed by atoms with Crippen LogP contribution in [0.4, 0.5) is 10.5 Å². The molecule has 2 heterocycles. The van der Waals surface area contributed by atoms with E-state index in [4.69, 9.17) is 0 Å². The molecule has 0 spiro atoms. The summed E-state index contributed by atoms with van der Waals surface area (Å²) in [6.07, 6.45) is 7.51. The minimum atomic E-state index is -0.0945. The first-order valence-electron chi connectivity index (χ1n) is 8.31. The third-order valence-corrected chi connectivity index (χ3v) is 4.72. The topological polar surface area (TPSA) is 65.5 Å². The minimum Gasteiger partial charge on any atom is -0.338 e. The molecule has 6 heteroatoms. The summed E-state index contributed by atoms with van der Waals surface area (Å²) in [7, 11) is 0. The molecule has 2 aliphatic rings. The lowest BCUT2D eigenvalue weighted by atomic mass is 10.2. The molecule has 1 aliphatic heterocycles. The molecule has 0 bridgehead atoms. The molecule has 1 saturated carbocycles. The van der Waals surface area contributed by atoms with Gasteiger partial charge < -0.3 is 15.1 Å². The number of hydrogen-bond acceptors (Lipinski definition) is 3. The number of pyridine rings is 1. The molecule has 1 unspecified atom stereocenters. The second-order valence-electron chi connectivity index (χ2n) is 6.51. The van der Waals surface area contributed by atoms with Gasteiger partial charge in [0.1, 0.15) is 0 Å². The Balaban J connectivity index is 1.65. The van der Waals surface area contributed by atoms with Gasteiger partial charge in [-0.25, -0.2) is 4.79 Å². The van der Waals surface area contributed by atoms with E-state index in [9.17, 15) is 9.59 Å². The van der Waals surface area contributed by atoms with Gasteiger partial charge in [0.05, 0.1) is 17.9 Å². The molecule has 0 radical (unpaired) electrons. The monoisotopic (exact) mass is 316 g/mol. The molecule has 1 aromatic rings. The summed E-state index contributed by atoms with van der Waals surface area (Å²) in [4.78, 5) is 32.3. The third kappa shape index (κ3) is 3.63. The van der Waals surface area contributed by atoms with Crippen LogP contribution in [0, 0.1) is 6.92 Å². The number of hydrogen-bond donors (Lipinski definition) is 1. The average Bonchev–Trinajstić information content (AvgIpc) is 3.24. The molecule has 1 aliphatic carbocycles. The number of nitrogens with one attached hydrogen (secondary N) is 1. The number of anilines is 1. The second-order valence-corrected chi connectivity index (χ2v) is 6.51. The van der Waals surface area contributed by atoms with Crippen LogP contribution in [0.3, 0.4) is 0 Å². The van der Waals surface area contributed by atoms with E-state index in [0.29, 0.717) is 12.6 Å². The molecule has 0 aromatic carbocycles. The molecule has 124 valence electrons. The molecule has 3 rings (SSSR count). The van der Waals surface area contributed by atoms with Crippen molar-refractivity contribution in [3.05, 3.63) is 24.0 Å². The minimum absolute atomic E-state index is 0.0945. The Bertz CT molecular complexity index is 600. The van der Waals surface area contributed by atoms with E-state index in [2.05, 4.69) is 10.3 Å². The highest BCUT2D eigenvalue weighted by Gasteiger charge is 2.36. The SMILES string of the molecule is CC(=O)N(CC1CCCN1C(=O)Nc1cnccc1C)C1CC1. The maximum atomic E-state index is 12.6. The van der Waals surface area contributed by atoms with Crippen LogP contribution in [0.2, 0.25) is 0 Å². The first-order chi connectivity index (χ1) is 11.1. The van der Waals surface area contributed by atoms with Crippen LogP contribution in [-0.4, -0.2) is 51.9 Å². The molecule has 6 nitrogen and oxygen atoms in total. The van der Waals surface area contributed by atoms with Gasteiger partial charge >= 0.3 is 6.03 Å². The predicted molar refractivity (Wildman–Crippen MR) is 88.1 cm³/mol. The molecule has 23 heavy (non-hydrogen) atoms. The first kappa shape index (κ1) is 15.8. The van der Waals surface area contributed by atoms with Crippen molar-refractivity contribution in [2.24, 2.45) is 0 Å². The standard InChI is InChI=1S/C17H24N4O2/c1-12-7-8-18-10-16(12)19-17(23)20-9-3-4-15(20)11-21(13(2)22)14-5-6-14/h7-8,10,14-15H,3-6,9,11H2,1-2H3,(H,19,23). The lowest BCUT2D eigenvalue weighted by Crippen LogP contribution is -2.46. The van der Waals surface area contributed by atoms with Crippen LogP contribution in [0.15, 0.2) is 18.5 Å². The summed E-state index contributed by atoms with van der Waals surface area (Å²) in [5.41, 5.74) is 1.74. The fourth-order valence-corrected chi connectivity index (χ4v) is 3.22. The number of likely N-dealkylation sites (tertiary alicyclic amines) is 1. The zero-order valence-corrected chi connectivity index (χ0v) is 13.8. The van der Waals surface area contributed by atoms with Gasteiger partial charge in [-0.1, -0.05) is 0 Å². The van der Waals surface area contributed by atoms with Gasteiger partial charge in [-0.2, -0.15) is 0 Å². The molecule has 1 aromatic heterocycles. The molecule has 3 amide bonds. The van der Waals surface area contributed by atoms with Crippen molar-refractivity contribution in [3.8, 4) is 0 Å². The number of rotatable bonds is 4. The number of nitrogens with zero attached hydrogens (tertiary/aromatic N) is 3. The third-order valence-electron chi connectivity index (χ3n) is 4.72. The largest absolute Gasteiger partial charge is 0.338 e. The van der Waals surface area contributed by atoms with Crippen LogP contribution in [-0.2, 0) is 4.79 Å². The van der Waals surface area contributed by atoms with Crippen molar-refractivity contribution in [2.45, 2.75) is 51.6 Å². The van der Waals surface area contributed by atoms with Crippen molar-refractivity contribution in [1.82, 2.24) is 14.8 Å². The van der Waals surface area contributed by atoms with E-state index in [1.807, 2.05) is 22.8 Å². The number of aryl methyl sites for hydroxylation is 1. The Morgan fingerprint density at radius 3 is 2.83 bits per heavy atom. The summed E-state index contributed by atoms with van der Waals surface area (Å²) in [6, 6.07) is 2.28. The predicted octanol–water partition coefficient (Wildman–Crippen LogP) is 2.40. The summed E-state index contributed by atoms with van der Waals surface area (Å²) < 4.78 is 0. The van der Waals surface area contributed by atoms with Crippen molar-refractivity contribution < 1.29 is 9.59 Å². The molecular formula is C17H24N4O2. The van der Waals surface area contributed by atoms with E-state index in [1.54, 1.807) is 19.3 Å². The Morgan fingerprint density at radius 2 is 2.17 bits per heavy atom. The maximum absolute atomic E-state index is 12.6. The maximum Gasteiger partial charge on any atom is 0.322 e. The fraction of sp³-hybridized carbons (Fsp3) is 0.588. The Labute approximate surface area is 136 Å². The highest BCUT2D eigenvalue weighted by Crippen LogP contribution is 2.29. The van der Waals surface area contributed by atoms with Crippen molar-refractivity contribution in [2.75, 3.05) is 18.4 Å². The number of carbonyl (C=O) groups is 2. The van der Waals surface area contributed by atoms with Crippen LogP contribution in [0.1, 0.15) is 38.2 Å². The zero-order valence-electron chi connectivity index (χ0n) is 13.8. The molecular weight excluding hydrogens is 292 g/mol. The van der Waals surface area contributed by atoms with Crippen molar-refractivity contribution in [3.63, 3.8) is 0 Å². The normalized spacial score (nSPS) is 20.4. The van der Waals surface area contributed by atoms with E-state index in [0.717, 1.165) is 43.5 Å². The lowest BCUT2D eigenvalue weighted by molar-refractivity contribution is -0.130. The smallest absolute Gasteiger partial charge is 0.322 e. The van der Waals surface area contributed by atoms with Gasteiger partial charge in [0, 0.05) is 32.3 Å². The number of amides is 3. The van der Waals surface area contributed by atoms with Gasteiger partial charge in [0.15, 0.2) is 0 Å². The first-order valence-corrected chi connectivity index (χ1v) is 8.31. The van der Waals surface area contributed by atoms with E-state index >= 15 is 0 Å². The highest BCUT2D eigenvalue weighted by atomic mass is 16.2. The molecule has 1 saturated heterocycles. The average molecular weight is 316 g/mol. The van der Waals surface area contributed by atoms with Gasteiger partial charge in [0.25, 0.3) is 0 Å². The van der Waals surface area contributed by atoms with Gasteiger partial charge in [-0.15, -0.1) is 0 Å². The van der Waals surface area contributed by atoms with E-state index in [-0.39, 0.29) is 18.0 Å². The Morgan fingerprint density at radius 1 is 1.39 bits per heavy atom. The van der Waals surface area contributed by atoms with Gasteiger partial charge in [-0.05, 0) is 44.2 Å². The number of carbonyl (C=O) groups excluding carboxylic acids is 2. The van der Waals surface area contributed by atoms with Crippen molar-refractivity contribution in [1.29, 1.82) is 0 Å². The fourth-order valence-electron chi connectivity index (χ4n) is 3.22. The van der Waals surface area contributed by atoms with Crippen LogP contribution in [0.25, 0.3) is 0 Å². The Hall–Kier alpha value is -2.11. The summed E-state index contributed by atoms with van der Waals surface area (Å²) in [5.74, 6) is 0.114. The van der Waals surface area contributed by atoms with Crippen molar-refractivity contribution >= 4 is 17.6 Å². The molecule has 2 fully saturated rings. The summed E-state index contributed by atoms with van der Waals surface area (Å²) >= 11 is 0. The number of aromatic nitrogens is 1. The zero-order chi connectivity index (χ0) is 16.4. The summed E-state index contributed by atoms with van der Waals surface area (Å²) in [5, 5.41) is 2.95. The molecule has 1 N–H and O–H groups in total. The van der Waals surface area contributed by atoms with E-state index in [1.165, 1.54) is 0 Å². The highest BCUT2D eigenvalue weighted by molar-refractivity contribution is 5.90.